The van der Waals surface area contributed by atoms with Crippen molar-refractivity contribution >= 4 is 11.9 Å². The molecule has 0 bridgehead atoms. The van der Waals surface area contributed by atoms with E-state index in [-0.39, 0.29) is 5.78 Å². The smallest absolute Gasteiger partial charge is 0.178 e. The SMILES string of the molecule is C=CC(=O)/C=C/c1cccc(OC)c1. The Morgan fingerprint density at radius 2 is 2.29 bits per heavy atom. The van der Waals surface area contributed by atoms with Crippen LogP contribution in [0.1, 0.15) is 5.56 Å². The number of hydrogen-bond donors (Lipinski definition) is 0. The number of allylic oxidation sites excluding steroid dienone is 2. The first-order chi connectivity index (χ1) is 6.76. The van der Waals surface area contributed by atoms with E-state index in [9.17, 15) is 4.79 Å². The molecule has 0 spiro atoms. The van der Waals surface area contributed by atoms with Crippen molar-refractivity contribution in [1.82, 2.24) is 0 Å². The molecule has 1 aromatic rings. The van der Waals surface area contributed by atoms with Crippen molar-refractivity contribution < 1.29 is 9.53 Å². The molecule has 0 heterocycles. The van der Waals surface area contributed by atoms with Crippen LogP contribution in [0.3, 0.4) is 0 Å². The maximum absolute atomic E-state index is 10.9. The lowest BCUT2D eigenvalue weighted by Gasteiger charge is -1.99. The van der Waals surface area contributed by atoms with Crippen LogP contribution in [-0.2, 0) is 4.79 Å². The first-order valence-corrected chi connectivity index (χ1v) is 4.25. The zero-order chi connectivity index (χ0) is 10.4. The van der Waals surface area contributed by atoms with Crippen molar-refractivity contribution in [2.24, 2.45) is 0 Å². The van der Waals surface area contributed by atoms with Gasteiger partial charge in [0.25, 0.3) is 0 Å². The van der Waals surface area contributed by atoms with Gasteiger partial charge in [0.2, 0.25) is 0 Å². The molecule has 0 N–H and O–H groups in total. The van der Waals surface area contributed by atoms with Crippen LogP contribution in [0.5, 0.6) is 5.75 Å². The largest absolute Gasteiger partial charge is 0.497 e. The molecule has 0 aliphatic carbocycles. The first kappa shape index (κ1) is 10.3. The zero-order valence-corrected chi connectivity index (χ0v) is 8.07. The fraction of sp³-hybridized carbons (Fsp3) is 0.0833. The minimum absolute atomic E-state index is 0.104. The van der Waals surface area contributed by atoms with Crippen LogP contribution in [0.15, 0.2) is 43.0 Å². The van der Waals surface area contributed by atoms with Crippen LogP contribution in [0.2, 0.25) is 0 Å². The van der Waals surface area contributed by atoms with Gasteiger partial charge < -0.3 is 4.74 Å². The van der Waals surface area contributed by atoms with E-state index in [1.165, 1.54) is 12.2 Å². The molecule has 0 saturated heterocycles. The summed E-state index contributed by atoms with van der Waals surface area (Å²) in [5.41, 5.74) is 0.930. The predicted molar refractivity (Wildman–Crippen MR) is 57.2 cm³/mol. The average molecular weight is 188 g/mol. The molecule has 1 aromatic carbocycles. The van der Waals surface area contributed by atoms with Gasteiger partial charge in [-0.3, -0.25) is 4.79 Å². The summed E-state index contributed by atoms with van der Waals surface area (Å²) < 4.78 is 5.05. The molecule has 72 valence electrons. The number of carbonyl (C=O) groups is 1. The topological polar surface area (TPSA) is 26.3 Å². The summed E-state index contributed by atoms with van der Waals surface area (Å²) in [6, 6.07) is 7.48. The van der Waals surface area contributed by atoms with Crippen molar-refractivity contribution in [3.8, 4) is 5.75 Å². The summed E-state index contributed by atoms with van der Waals surface area (Å²) in [5.74, 6) is 0.672. The first-order valence-electron chi connectivity index (χ1n) is 4.25. The second-order valence-corrected chi connectivity index (χ2v) is 2.72. The second kappa shape index (κ2) is 5.02. The molecule has 0 atom stereocenters. The number of methoxy groups -OCH3 is 1. The van der Waals surface area contributed by atoms with E-state index in [0.717, 1.165) is 11.3 Å². The van der Waals surface area contributed by atoms with E-state index in [1.807, 2.05) is 24.3 Å². The Hall–Kier alpha value is -1.83. The van der Waals surface area contributed by atoms with Gasteiger partial charge >= 0.3 is 0 Å². The monoisotopic (exact) mass is 188 g/mol. The molecule has 0 aliphatic heterocycles. The average Bonchev–Trinajstić information content (AvgIpc) is 2.26. The van der Waals surface area contributed by atoms with Gasteiger partial charge in [-0.15, -0.1) is 0 Å². The lowest BCUT2D eigenvalue weighted by molar-refractivity contribution is -0.110. The summed E-state index contributed by atoms with van der Waals surface area (Å²) in [6.45, 7) is 3.38. The highest BCUT2D eigenvalue weighted by Crippen LogP contribution is 2.13. The van der Waals surface area contributed by atoms with Gasteiger partial charge in [-0.05, 0) is 29.8 Å². The van der Waals surface area contributed by atoms with Crippen LogP contribution < -0.4 is 4.74 Å². The summed E-state index contributed by atoms with van der Waals surface area (Å²) in [6.07, 6.45) is 4.48. The van der Waals surface area contributed by atoms with E-state index in [1.54, 1.807) is 13.2 Å². The molecular weight excluding hydrogens is 176 g/mol. The number of ether oxygens (including phenoxy) is 1. The van der Waals surface area contributed by atoms with Crippen LogP contribution in [0, 0.1) is 0 Å². The number of benzene rings is 1. The van der Waals surface area contributed by atoms with Gasteiger partial charge in [0.05, 0.1) is 7.11 Å². The Kier molecular flexibility index (Phi) is 3.68. The third-order valence-electron chi connectivity index (χ3n) is 1.74. The third-order valence-corrected chi connectivity index (χ3v) is 1.74. The molecule has 0 aliphatic rings. The Bertz CT molecular complexity index is 364. The maximum atomic E-state index is 10.9. The van der Waals surface area contributed by atoms with E-state index >= 15 is 0 Å². The Morgan fingerprint density at radius 1 is 1.50 bits per heavy atom. The Balaban J connectivity index is 2.81. The molecule has 2 heteroatoms. The summed E-state index contributed by atoms with van der Waals surface area (Å²) >= 11 is 0. The molecule has 0 saturated carbocycles. The Labute approximate surface area is 83.5 Å². The van der Waals surface area contributed by atoms with Crippen LogP contribution in [0.4, 0.5) is 0 Å². The molecule has 1 rings (SSSR count). The normalized spacial score (nSPS) is 10.1. The summed E-state index contributed by atoms with van der Waals surface area (Å²) in [7, 11) is 1.61. The number of hydrogen-bond acceptors (Lipinski definition) is 2. The molecular formula is C12H12O2. The highest BCUT2D eigenvalue weighted by atomic mass is 16.5. The van der Waals surface area contributed by atoms with E-state index in [4.69, 9.17) is 4.74 Å². The van der Waals surface area contributed by atoms with Gasteiger partial charge in [0, 0.05) is 0 Å². The standard InChI is InChI=1S/C12H12O2/c1-3-11(13)8-7-10-5-4-6-12(9-10)14-2/h3-9H,1H2,2H3/b8-7+. The van der Waals surface area contributed by atoms with Gasteiger partial charge in [-0.2, -0.15) is 0 Å². The summed E-state index contributed by atoms with van der Waals surface area (Å²) in [5, 5.41) is 0. The highest BCUT2D eigenvalue weighted by molar-refractivity contribution is 6.01. The molecule has 0 unspecified atom stereocenters. The fourth-order valence-corrected chi connectivity index (χ4v) is 0.992. The van der Waals surface area contributed by atoms with Crippen LogP contribution in [0.25, 0.3) is 6.08 Å². The quantitative estimate of drug-likeness (QED) is 0.678. The van der Waals surface area contributed by atoms with Crippen molar-refractivity contribution in [2.75, 3.05) is 7.11 Å². The van der Waals surface area contributed by atoms with Gasteiger partial charge in [0.15, 0.2) is 5.78 Å². The third kappa shape index (κ3) is 2.90. The van der Waals surface area contributed by atoms with Crippen molar-refractivity contribution in [3.05, 3.63) is 48.6 Å². The number of ketones is 1. The number of carbonyl (C=O) groups excluding carboxylic acids is 1. The van der Waals surface area contributed by atoms with E-state index < -0.39 is 0 Å². The van der Waals surface area contributed by atoms with Crippen molar-refractivity contribution in [3.63, 3.8) is 0 Å². The second-order valence-electron chi connectivity index (χ2n) is 2.72. The zero-order valence-electron chi connectivity index (χ0n) is 8.07. The van der Waals surface area contributed by atoms with E-state index in [0.29, 0.717) is 0 Å². The summed E-state index contributed by atoms with van der Waals surface area (Å²) in [4.78, 5) is 10.9. The van der Waals surface area contributed by atoms with Gasteiger partial charge in [0.1, 0.15) is 5.75 Å². The fourth-order valence-electron chi connectivity index (χ4n) is 0.992. The molecule has 0 aromatic heterocycles. The molecule has 0 amide bonds. The van der Waals surface area contributed by atoms with Gasteiger partial charge in [-0.1, -0.05) is 24.8 Å². The minimum Gasteiger partial charge on any atom is -0.497 e. The molecule has 14 heavy (non-hydrogen) atoms. The predicted octanol–water partition coefficient (Wildman–Crippen LogP) is 2.46. The lowest BCUT2D eigenvalue weighted by Crippen LogP contribution is -1.84. The number of rotatable bonds is 4. The van der Waals surface area contributed by atoms with Crippen molar-refractivity contribution in [2.45, 2.75) is 0 Å². The molecule has 0 fully saturated rings. The maximum Gasteiger partial charge on any atom is 0.178 e. The van der Waals surface area contributed by atoms with Crippen molar-refractivity contribution in [1.29, 1.82) is 0 Å². The van der Waals surface area contributed by atoms with Gasteiger partial charge in [-0.25, -0.2) is 0 Å². The lowest BCUT2D eigenvalue weighted by atomic mass is 10.2. The molecule has 0 radical (unpaired) electrons. The van der Waals surface area contributed by atoms with Crippen LogP contribution in [-0.4, -0.2) is 12.9 Å². The van der Waals surface area contributed by atoms with E-state index in [2.05, 4.69) is 6.58 Å². The Morgan fingerprint density at radius 3 is 2.93 bits per heavy atom. The molecule has 2 nitrogen and oxygen atoms in total. The minimum atomic E-state index is -0.104. The van der Waals surface area contributed by atoms with Crippen LogP contribution >= 0.6 is 0 Å². The highest BCUT2D eigenvalue weighted by Gasteiger charge is 1.92.